The summed E-state index contributed by atoms with van der Waals surface area (Å²) in [6, 6.07) is 9.67. The van der Waals surface area contributed by atoms with Gasteiger partial charge in [-0.2, -0.15) is 0 Å². The van der Waals surface area contributed by atoms with E-state index in [0.717, 1.165) is 18.4 Å². The Bertz CT molecular complexity index is 457. The summed E-state index contributed by atoms with van der Waals surface area (Å²) in [5, 5.41) is 2.85. The highest BCUT2D eigenvalue weighted by molar-refractivity contribution is 5.81. The molecule has 20 heavy (non-hydrogen) atoms. The molecule has 0 saturated heterocycles. The Morgan fingerprint density at radius 2 is 2.00 bits per heavy atom. The molecule has 1 aliphatic carbocycles. The van der Waals surface area contributed by atoms with Crippen molar-refractivity contribution >= 4 is 12.0 Å². The summed E-state index contributed by atoms with van der Waals surface area (Å²) in [7, 11) is 0. The molecule has 1 fully saturated rings. The summed E-state index contributed by atoms with van der Waals surface area (Å²) < 4.78 is 4.90. The van der Waals surface area contributed by atoms with Gasteiger partial charge in [0.1, 0.15) is 6.54 Å². The Labute approximate surface area is 118 Å². The van der Waals surface area contributed by atoms with E-state index in [9.17, 15) is 9.59 Å². The van der Waals surface area contributed by atoms with Crippen LogP contribution in [0.25, 0.3) is 0 Å². The van der Waals surface area contributed by atoms with Crippen LogP contribution in [0.15, 0.2) is 30.3 Å². The first-order valence-electron chi connectivity index (χ1n) is 6.94. The van der Waals surface area contributed by atoms with E-state index in [2.05, 4.69) is 5.32 Å². The molecular weight excluding hydrogens is 256 g/mol. The number of esters is 1. The standard InChI is InChI=1S/C15H20N2O3/c1-2-20-14(18)11-17(13-8-9-13)15(19)16-10-12-6-4-3-5-7-12/h3-7,13H,2,8-11H2,1H3,(H,16,19). The molecule has 1 aliphatic rings. The summed E-state index contributed by atoms with van der Waals surface area (Å²) in [4.78, 5) is 25.2. The van der Waals surface area contributed by atoms with Gasteiger partial charge in [-0.1, -0.05) is 30.3 Å². The fourth-order valence-electron chi connectivity index (χ4n) is 1.97. The second kappa shape index (κ2) is 6.93. The van der Waals surface area contributed by atoms with Crippen LogP contribution >= 0.6 is 0 Å². The number of amides is 2. The number of hydrogen-bond donors (Lipinski definition) is 1. The van der Waals surface area contributed by atoms with Crippen LogP contribution in [0.5, 0.6) is 0 Å². The molecule has 0 bridgehead atoms. The van der Waals surface area contributed by atoms with Crippen LogP contribution in [0.2, 0.25) is 0 Å². The minimum atomic E-state index is -0.353. The molecule has 1 N–H and O–H groups in total. The second-order valence-electron chi connectivity index (χ2n) is 4.81. The van der Waals surface area contributed by atoms with Gasteiger partial charge in [0.15, 0.2) is 0 Å². The average Bonchev–Trinajstić information content (AvgIpc) is 3.28. The lowest BCUT2D eigenvalue weighted by atomic mass is 10.2. The highest BCUT2D eigenvalue weighted by Gasteiger charge is 2.34. The SMILES string of the molecule is CCOC(=O)CN(C(=O)NCc1ccccc1)C1CC1. The number of ether oxygens (including phenoxy) is 1. The number of nitrogens with zero attached hydrogens (tertiary/aromatic N) is 1. The van der Waals surface area contributed by atoms with Crippen molar-refractivity contribution in [1.82, 2.24) is 10.2 Å². The highest BCUT2D eigenvalue weighted by Crippen LogP contribution is 2.26. The molecule has 0 heterocycles. The van der Waals surface area contributed by atoms with E-state index in [1.165, 1.54) is 0 Å². The number of nitrogens with one attached hydrogen (secondary N) is 1. The first-order valence-corrected chi connectivity index (χ1v) is 6.94. The quantitative estimate of drug-likeness (QED) is 0.808. The van der Waals surface area contributed by atoms with Crippen LogP contribution in [-0.4, -0.2) is 36.1 Å². The fraction of sp³-hybridized carbons (Fsp3) is 0.467. The molecule has 5 nitrogen and oxygen atoms in total. The zero-order valence-corrected chi connectivity index (χ0v) is 11.7. The van der Waals surface area contributed by atoms with Crippen LogP contribution in [0, 0.1) is 0 Å². The molecule has 0 spiro atoms. The number of hydrogen-bond acceptors (Lipinski definition) is 3. The maximum atomic E-state index is 12.1. The van der Waals surface area contributed by atoms with E-state index < -0.39 is 0 Å². The van der Waals surface area contributed by atoms with Gasteiger partial charge in [-0.15, -0.1) is 0 Å². The number of carbonyl (C=O) groups is 2. The lowest BCUT2D eigenvalue weighted by molar-refractivity contribution is -0.143. The average molecular weight is 276 g/mol. The van der Waals surface area contributed by atoms with E-state index >= 15 is 0 Å². The molecular formula is C15H20N2O3. The zero-order chi connectivity index (χ0) is 14.4. The van der Waals surface area contributed by atoms with E-state index in [0.29, 0.717) is 13.2 Å². The van der Waals surface area contributed by atoms with Crippen molar-refractivity contribution in [2.75, 3.05) is 13.2 Å². The fourth-order valence-corrected chi connectivity index (χ4v) is 1.97. The summed E-state index contributed by atoms with van der Waals surface area (Å²) in [6.07, 6.45) is 1.91. The normalized spacial score (nSPS) is 13.7. The number of rotatable bonds is 6. The maximum absolute atomic E-state index is 12.1. The van der Waals surface area contributed by atoms with Crippen molar-refractivity contribution in [2.24, 2.45) is 0 Å². The lowest BCUT2D eigenvalue weighted by Crippen LogP contribution is -2.44. The minimum absolute atomic E-state index is 0.0269. The zero-order valence-electron chi connectivity index (χ0n) is 11.7. The smallest absolute Gasteiger partial charge is 0.325 e. The van der Waals surface area contributed by atoms with Gasteiger partial charge in [-0.05, 0) is 25.3 Å². The maximum Gasteiger partial charge on any atom is 0.325 e. The third-order valence-electron chi connectivity index (χ3n) is 3.14. The molecule has 1 saturated carbocycles. The van der Waals surface area contributed by atoms with E-state index in [1.807, 2.05) is 30.3 Å². The largest absolute Gasteiger partial charge is 0.465 e. The Morgan fingerprint density at radius 1 is 1.30 bits per heavy atom. The Morgan fingerprint density at radius 3 is 2.60 bits per heavy atom. The Kier molecular flexibility index (Phi) is 4.98. The van der Waals surface area contributed by atoms with Crippen LogP contribution < -0.4 is 5.32 Å². The summed E-state index contributed by atoms with van der Waals surface area (Å²) in [5.74, 6) is -0.353. The van der Waals surface area contributed by atoms with E-state index in [-0.39, 0.29) is 24.6 Å². The molecule has 0 aromatic heterocycles. The number of urea groups is 1. The first-order chi connectivity index (χ1) is 9.70. The number of carbonyl (C=O) groups excluding carboxylic acids is 2. The molecule has 0 atom stereocenters. The number of benzene rings is 1. The van der Waals surface area contributed by atoms with Gasteiger partial charge in [0, 0.05) is 12.6 Å². The minimum Gasteiger partial charge on any atom is -0.465 e. The molecule has 2 rings (SSSR count). The molecule has 0 radical (unpaired) electrons. The first kappa shape index (κ1) is 14.4. The Hall–Kier alpha value is -2.04. The van der Waals surface area contributed by atoms with E-state index in [4.69, 9.17) is 4.74 Å². The van der Waals surface area contributed by atoms with Gasteiger partial charge in [-0.3, -0.25) is 4.79 Å². The highest BCUT2D eigenvalue weighted by atomic mass is 16.5. The predicted octanol–water partition coefficient (Wildman–Crippen LogP) is 1.92. The molecule has 0 aliphatic heterocycles. The van der Waals surface area contributed by atoms with Crippen molar-refractivity contribution < 1.29 is 14.3 Å². The van der Waals surface area contributed by atoms with Crippen molar-refractivity contribution in [3.05, 3.63) is 35.9 Å². The van der Waals surface area contributed by atoms with Crippen LogP contribution in [0.3, 0.4) is 0 Å². The van der Waals surface area contributed by atoms with E-state index in [1.54, 1.807) is 11.8 Å². The molecule has 1 aromatic carbocycles. The molecule has 1 aromatic rings. The molecule has 108 valence electrons. The van der Waals surface area contributed by atoms with Gasteiger partial charge in [0.25, 0.3) is 0 Å². The molecule has 0 unspecified atom stereocenters. The molecule has 5 heteroatoms. The lowest BCUT2D eigenvalue weighted by Gasteiger charge is -2.21. The summed E-state index contributed by atoms with van der Waals surface area (Å²) in [5.41, 5.74) is 1.03. The summed E-state index contributed by atoms with van der Waals surface area (Å²) in [6.45, 7) is 2.59. The summed E-state index contributed by atoms with van der Waals surface area (Å²) >= 11 is 0. The van der Waals surface area contributed by atoms with Gasteiger partial charge >= 0.3 is 12.0 Å². The van der Waals surface area contributed by atoms with Gasteiger partial charge < -0.3 is 15.0 Å². The van der Waals surface area contributed by atoms with Crippen LogP contribution in [-0.2, 0) is 16.1 Å². The van der Waals surface area contributed by atoms with Gasteiger partial charge in [-0.25, -0.2) is 4.79 Å². The third-order valence-corrected chi connectivity index (χ3v) is 3.14. The predicted molar refractivity (Wildman–Crippen MR) is 75.0 cm³/mol. The molecule has 2 amide bonds. The van der Waals surface area contributed by atoms with Gasteiger partial charge in [0.05, 0.1) is 6.61 Å². The second-order valence-corrected chi connectivity index (χ2v) is 4.81. The van der Waals surface area contributed by atoms with Crippen molar-refractivity contribution in [2.45, 2.75) is 32.4 Å². The topological polar surface area (TPSA) is 58.6 Å². The van der Waals surface area contributed by atoms with Gasteiger partial charge in [0.2, 0.25) is 0 Å². The van der Waals surface area contributed by atoms with Crippen molar-refractivity contribution in [3.63, 3.8) is 0 Å². The van der Waals surface area contributed by atoms with Crippen LogP contribution in [0.1, 0.15) is 25.3 Å². The third kappa shape index (κ3) is 4.26. The van der Waals surface area contributed by atoms with Crippen molar-refractivity contribution in [1.29, 1.82) is 0 Å². The van der Waals surface area contributed by atoms with Crippen molar-refractivity contribution in [3.8, 4) is 0 Å². The Balaban J connectivity index is 1.85. The van der Waals surface area contributed by atoms with Crippen LogP contribution in [0.4, 0.5) is 4.79 Å². The monoisotopic (exact) mass is 276 g/mol.